The van der Waals surface area contributed by atoms with E-state index in [-0.39, 0.29) is 5.56 Å². The number of aryl methyl sites for hydroxylation is 4. The third-order valence-electron chi connectivity index (χ3n) is 5.64. The van der Waals surface area contributed by atoms with Crippen LogP contribution in [0.5, 0.6) is 0 Å². The van der Waals surface area contributed by atoms with Crippen LogP contribution in [0.4, 0.5) is 0 Å². The predicted molar refractivity (Wildman–Crippen MR) is 111 cm³/mol. The molecule has 0 amide bonds. The molecule has 8 rings (SSSR count). The molecule has 4 bridgehead atoms. The second-order valence-corrected chi connectivity index (χ2v) is 7.36. The van der Waals surface area contributed by atoms with Gasteiger partial charge in [0.25, 0.3) is 0 Å². The minimum absolute atomic E-state index is 0.0322. The molecule has 0 radical (unpaired) electrons. The van der Waals surface area contributed by atoms with Crippen molar-refractivity contribution in [3.05, 3.63) is 105 Å². The molecular formula is C25H21NO. The number of hydrogen-bond acceptors (Lipinski definition) is 1. The van der Waals surface area contributed by atoms with E-state index in [2.05, 4.69) is 53.5 Å². The van der Waals surface area contributed by atoms with Crippen LogP contribution in [-0.2, 0) is 25.7 Å². The van der Waals surface area contributed by atoms with Crippen molar-refractivity contribution in [3.8, 4) is 11.1 Å². The fraction of sp³-hybridized carbons (Fsp3) is 0.160. The second kappa shape index (κ2) is 6.55. The molecule has 0 atom stereocenters. The first-order valence-electron chi connectivity index (χ1n) is 9.59. The summed E-state index contributed by atoms with van der Waals surface area (Å²) in [7, 11) is 0. The van der Waals surface area contributed by atoms with Crippen molar-refractivity contribution < 1.29 is 0 Å². The van der Waals surface area contributed by atoms with Crippen LogP contribution < -0.4 is 5.56 Å². The van der Waals surface area contributed by atoms with Gasteiger partial charge in [-0.25, -0.2) is 0 Å². The van der Waals surface area contributed by atoms with E-state index in [1.807, 2.05) is 18.2 Å². The van der Waals surface area contributed by atoms with Crippen LogP contribution in [0.15, 0.2) is 77.6 Å². The summed E-state index contributed by atoms with van der Waals surface area (Å²) in [6.45, 7) is 0. The van der Waals surface area contributed by atoms with E-state index in [1.165, 1.54) is 27.6 Å². The molecule has 3 aromatic carbocycles. The molecule has 132 valence electrons. The van der Waals surface area contributed by atoms with Gasteiger partial charge >= 0.3 is 0 Å². The zero-order chi connectivity index (χ0) is 18.2. The Morgan fingerprint density at radius 3 is 2.00 bits per heavy atom. The maximum Gasteiger partial charge on any atom is 0.249 e. The Kier molecular flexibility index (Phi) is 3.90. The minimum Gasteiger partial charge on any atom is -0.322 e. The van der Waals surface area contributed by atoms with E-state index in [1.54, 1.807) is 6.07 Å². The van der Waals surface area contributed by atoms with E-state index in [0.717, 1.165) is 42.3 Å². The number of aromatic amines is 1. The highest BCUT2D eigenvalue weighted by molar-refractivity contribution is 5.98. The number of hydrogen-bond donors (Lipinski definition) is 1. The standard InChI is InChI=1S/C25H21NO/c27-23-16-22(19-4-2-1-3-5-19)24-20-12-10-17-6-8-18(9-7-17)11-13-21(15-14-20)25(24)26-23/h1-9,14-16H,10-13H2,(H,26,27). The van der Waals surface area contributed by atoms with Gasteiger partial charge in [0.05, 0.1) is 5.52 Å². The first kappa shape index (κ1) is 16.1. The van der Waals surface area contributed by atoms with Crippen LogP contribution in [0.25, 0.3) is 22.0 Å². The van der Waals surface area contributed by atoms with Crippen LogP contribution >= 0.6 is 0 Å². The van der Waals surface area contributed by atoms with Crippen molar-refractivity contribution >= 4 is 10.9 Å². The van der Waals surface area contributed by atoms with Crippen molar-refractivity contribution in [1.82, 2.24) is 4.98 Å². The quantitative estimate of drug-likeness (QED) is 0.510. The van der Waals surface area contributed by atoms with E-state index in [0.29, 0.717) is 0 Å². The molecule has 2 heteroatoms. The fourth-order valence-electron chi connectivity index (χ4n) is 4.19. The Balaban J connectivity index is 1.79. The summed E-state index contributed by atoms with van der Waals surface area (Å²) in [5.41, 5.74) is 8.34. The van der Waals surface area contributed by atoms with Crippen molar-refractivity contribution in [1.29, 1.82) is 0 Å². The summed E-state index contributed by atoms with van der Waals surface area (Å²) in [6.07, 6.45) is 3.86. The number of aromatic nitrogens is 1. The third kappa shape index (κ3) is 2.97. The molecule has 1 aromatic heterocycles. The van der Waals surface area contributed by atoms with E-state index >= 15 is 0 Å². The number of pyridine rings is 1. The van der Waals surface area contributed by atoms with Crippen LogP contribution in [0.3, 0.4) is 0 Å². The van der Waals surface area contributed by atoms with Gasteiger partial charge in [0.1, 0.15) is 0 Å². The maximum absolute atomic E-state index is 12.5. The first-order chi connectivity index (χ1) is 13.3. The molecule has 4 aromatic rings. The Morgan fingerprint density at radius 2 is 1.30 bits per heavy atom. The molecule has 0 unspecified atom stereocenters. The Hall–Kier alpha value is -3.13. The van der Waals surface area contributed by atoms with Gasteiger partial charge in [-0.2, -0.15) is 0 Å². The van der Waals surface area contributed by atoms with E-state index < -0.39 is 0 Å². The Morgan fingerprint density at radius 1 is 0.667 bits per heavy atom. The lowest BCUT2D eigenvalue weighted by atomic mass is 9.90. The van der Waals surface area contributed by atoms with Crippen LogP contribution in [0.1, 0.15) is 22.3 Å². The van der Waals surface area contributed by atoms with Gasteiger partial charge < -0.3 is 4.98 Å². The lowest BCUT2D eigenvalue weighted by Crippen LogP contribution is -2.09. The lowest BCUT2D eigenvalue weighted by Gasteiger charge is -2.16. The molecule has 1 N–H and O–H groups in total. The highest BCUT2D eigenvalue weighted by Crippen LogP contribution is 2.32. The molecule has 0 spiro atoms. The van der Waals surface area contributed by atoms with E-state index in [9.17, 15) is 4.79 Å². The highest BCUT2D eigenvalue weighted by atomic mass is 16.1. The van der Waals surface area contributed by atoms with Gasteiger partial charge in [-0.3, -0.25) is 4.79 Å². The maximum atomic E-state index is 12.5. The van der Waals surface area contributed by atoms with Gasteiger partial charge in [-0.15, -0.1) is 0 Å². The average molecular weight is 351 g/mol. The minimum atomic E-state index is -0.0322. The summed E-state index contributed by atoms with van der Waals surface area (Å²) in [5.74, 6) is 0. The zero-order valence-corrected chi connectivity index (χ0v) is 15.2. The van der Waals surface area contributed by atoms with E-state index in [4.69, 9.17) is 0 Å². The Labute approximate surface area is 158 Å². The van der Waals surface area contributed by atoms with Crippen molar-refractivity contribution in [2.45, 2.75) is 25.7 Å². The summed E-state index contributed by atoms with van der Waals surface area (Å²) < 4.78 is 0. The number of H-pyrrole nitrogens is 1. The first-order valence-corrected chi connectivity index (χ1v) is 9.59. The number of benzene rings is 3. The summed E-state index contributed by atoms with van der Waals surface area (Å²) in [5, 5.41) is 1.20. The summed E-state index contributed by atoms with van der Waals surface area (Å²) in [6, 6.07) is 25.5. The number of nitrogens with one attached hydrogen (secondary N) is 1. The predicted octanol–water partition coefficient (Wildman–Crippen LogP) is 5.08. The average Bonchev–Trinajstić information content (AvgIpc) is 2.70. The smallest absolute Gasteiger partial charge is 0.249 e. The molecule has 0 saturated heterocycles. The summed E-state index contributed by atoms with van der Waals surface area (Å²) >= 11 is 0. The number of rotatable bonds is 1. The van der Waals surface area contributed by atoms with Gasteiger partial charge in [0, 0.05) is 11.5 Å². The highest BCUT2D eigenvalue weighted by Gasteiger charge is 2.14. The van der Waals surface area contributed by atoms with Gasteiger partial charge in [0.2, 0.25) is 5.56 Å². The molecule has 27 heavy (non-hydrogen) atoms. The van der Waals surface area contributed by atoms with Crippen LogP contribution in [0, 0.1) is 0 Å². The zero-order valence-electron chi connectivity index (χ0n) is 15.2. The molecule has 4 aliphatic carbocycles. The monoisotopic (exact) mass is 351 g/mol. The van der Waals surface area contributed by atoms with Crippen molar-refractivity contribution in [2.75, 3.05) is 0 Å². The molecular weight excluding hydrogens is 330 g/mol. The molecule has 2 nitrogen and oxygen atoms in total. The fourth-order valence-corrected chi connectivity index (χ4v) is 4.19. The lowest BCUT2D eigenvalue weighted by molar-refractivity contribution is 0.930. The van der Waals surface area contributed by atoms with Crippen molar-refractivity contribution in [2.24, 2.45) is 0 Å². The Bertz CT molecular complexity index is 1170. The molecule has 0 saturated carbocycles. The van der Waals surface area contributed by atoms with Crippen LogP contribution in [-0.4, -0.2) is 4.98 Å². The molecule has 0 fully saturated rings. The second-order valence-electron chi connectivity index (χ2n) is 7.36. The largest absolute Gasteiger partial charge is 0.322 e. The van der Waals surface area contributed by atoms with Gasteiger partial charge in [-0.1, -0.05) is 66.7 Å². The van der Waals surface area contributed by atoms with Crippen molar-refractivity contribution in [3.63, 3.8) is 0 Å². The molecule has 0 aliphatic heterocycles. The molecule has 4 aliphatic rings. The van der Waals surface area contributed by atoms with Crippen LogP contribution in [0.2, 0.25) is 0 Å². The summed E-state index contributed by atoms with van der Waals surface area (Å²) in [4.78, 5) is 15.6. The SMILES string of the molecule is O=c1cc(-c2ccccc2)c2c3ccc(c2[nH]1)CCc1ccc(cc1)CC3. The topological polar surface area (TPSA) is 32.9 Å². The normalized spacial score (nSPS) is 13.5. The van der Waals surface area contributed by atoms with Gasteiger partial charge in [-0.05, 0) is 59.1 Å². The third-order valence-corrected chi connectivity index (χ3v) is 5.64. The molecule has 1 heterocycles. The van der Waals surface area contributed by atoms with Gasteiger partial charge in [0.15, 0.2) is 0 Å².